The number of aromatic nitrogens is 3. The first kappa shape index (κ1) is 11.9. The van der Waals surface area contributed by atoms with E-state index in [4.69, 9.17) is 4.74 Å². The van der Waals surface area contributed by atoms with E-state index in [1.165, 1.54) is 12.8 Å². The van der Waals surface area contributed by atoms with Gasteiger partial charge in [-0.15, -0.1) is 5.10 Å². The van der Waals surface area contributed by atoms with E-state index in [0.29, 0.717) is 6.54 Å². The summed E-state index contributed by atoms with van der Waals surface area (Å²) in [6.07, 6.45) is 8.45. The number of nitrogens with zero attached hydrogens (tertiary/aromatic N) is 3. The minimum atomic E-state index is -0.296. The molecule has 1 aliphatic rings. The fraction of sp³-hybridized carbons (Fsp3) is 0.727. The maximum Gasteiger partial charge on any atom is 0.407 e. The van der Waals surface area contributed by atoms with Crippen molar-refractivity contribution in [2.24, 2.45) is 0 Å². The normalized spacial score (nSPS) is 16.0. The molecule has 1 aliphatic carbocycles. The average molecular weight is 238 g/mol. The second-order valence-corrected chi connectivity index (χ2v) is 4.26. The number of aryl methyl sites for hydroxylation is 1. The van der Waals surface area contributed by atoms with E-state index in [1.807, 2.05) is 0 Å². The lowest BCUT2D eigenvalue weighted by molar-refractivity contribution is 0.101. The van der Waals surface area contributed by atoms with Crippen LogP contribution in [0, 0.1) is 0 Å². The Morgan fingerprint density at radius 1 is 1.47 bits per heavy atom. The van der Waals surface area contributed by atoms with Gasteiger partial charge in [0.2, 0.25) is 0 Å². The number of nitrogens with one attached hydrogen (secondary N) is 1. The van der Waals surface area contributed by atoms with Crippen LogP contribution in [0.4, 0.5) is 4.79 Å². The third-order valence-electron chi connectivity index (χ3n) is 2.88. The molecule has 1 fully saturated rings. The summed E-state index contributed by atoms with van der Waals surface area (Å²) in [6.45, 7) is 1.36. The van der Waals surface area contributed by atoms with Crippen LogP contribution in [0.1, 0.15) is 32.1 Å². The van der Waals surface area contributed by atoms with Crippen molar-refractivity contribution < 1.29 is 9.53 Å². The fourth-order valence-electron chi connectivity index (χ4n) is 1.98. The van der Waals surface area contributed by atoms with Crippen molar-refractivity contribution in [3.05, 3.63) is 12.4 Å². The topological polar surface area (TPSA) is 69.0 Å². The highest BCUT2D eigenvalue weighted by Crippen LogP contribution is 2.20. The highest BCUT2D eigenvalue weighted by molar-refractivity contribution is 5.67. The van der Waals surface area contributed by atoms with E-state index >= 15 is 0 Å². The third kappa shape index (κ3) is 4.05. The molecule has 6 nitrogen and oxygen atoms in total. The SMILES string of the molecule is O=C(NCCCn1ccnn1)OC1CCCC1. The van der Waals surface area contributed by atoms with Crippen LogP contribution in [-0.2, 0) is 11.3 Å². The zero-order valence-corrected chi connectivity index (χ0v) is 9.84. The molecular weight excluding hydrogens is 220 g/mol. The molecule has 1 heterocycles. The number of hydrogen-bond donors (Lipinski definition) is 1. The summed E-state index contributed by atoms with van der Waals surface area (Å²) in [5.41, 5.74) is 0. The van der Waals surface area contributed by atoms with Crippen molar-refractivity contribution >= 4 is 6.09 Å². The zero-order valence-electron chi connectivity index (χ0n) is 9.84. The highest BCUT2D eigenvalue weighted by Gasteiger charge is 2.18. The van der Waals surface area contributed by atoms with Crippen molar-refractivity contribution in [2.45, 2.75) is 44.8 Å². The lowest BCUT2D eigenvalue weighted by atomic mass is 10.3. The van der Waals surface area contributed by atoms with Gasteiger partial charge in [0.15, 0.2) is 0 Å². The molecule has 1 saturated carbocycles. The summed E-state index contributed by atoms with van der Waals surface area (Å²) >= 11 is 0. The van der Waals surface area contributed by atoms with Crippen LogP contribution in [0.5, 0.6) is 0 Å². The molecule has 0 saturated heterocycles. The van der Waals surface area contributed by atoms with E-state index in [-0.39, 0.29) is 12.2 Å². The fourth-order valence-corrected chi connectivity index (χ4v) is 1.98. The van der Waals surface area contributed by atoms with E-state index in [2.05, 4.69) is 15.6 Å². The van der Waals surface area contributed by atoms with Crippen LogP contribution >= 0.6 is 0 Å². The maximum atomic E-state index is 11.4. The molecule has 1 aromatic rings. The molecule has 1 aromatic heterocycles. The summed E-state index contributed by atoms with van der Waals surface area (Å²) in [7, 11) is 0. The summed E-state index contributed by atoms with van der Waals surface area (Å²) in [4.78, 5) is 11.4. The van der Waals surface area contributed by atoms with Gasteiger partial charge in [0.05, 0.1) is 6.20 Å². The number of hydrogen-bond acceptors (Lipinski definition) is 4. The number of ether oxygens (including phenoxy) is 1. The zero-order chi connectivity index (χ0) is 11.9. The van der Waals surface area contributed by atoms with Gasteiger partial charge in [-0.05, 0) is 32.1 Å². The lowest BCUT2D eigenvalue weighted by Gasteiger charge is -2.11. The van der Waals surface area contributed by atoms with Gasteiger partial charge in [0.25, 0.3) is 0 Å². The predicted molar refractivity (Wildman–Crippen MR) is 61.4 cm³/mol. The highest BCUT2D eigenvalue weighted by atomic mass is 16.6. The minimum absolute atomic E-state index is 0.130. The van der Waals surface area contributed by atoms with E-state index in [1.54, 1.807) is 17.1 Å². The van der Waals surface area contributed by atoms with Crippen LogP contribution in [0.2, 0.25) is 0 Å². The van der Waals surface area contributed by atoms with Gasteiger partial charge in [-0.25, -0.2) is 4.79 Å². The first-order chi connectivity index (χ1) is 8.34. The Kier molecular flexibility index (Phi) is 4.35. The van der Waals surface area contributed by atoms with Crippen LogP contribution in [0.3, 0.4) is 0 Å². The summed E-state index contributed by atoms with van der Waals surface area (Å²) in [5.74, 6) is 0. The lowest BCUT2D eigenvalue weighted by Crippen LogP contribution is -2.29. The monoisotopic (exact) mass is 238 g/mol. The Morgan fingerprint density at radius 2 is 2.29 bits per heavy atom. The first-order valence-corrected chi connectivity index (χ1v) is 6.13. The van der Waals surface area contributed by atoms with Crippen LogP contribution in [0.15, 0.2) is 12.4 Å². The number of amides is 1. The van der Waals surface area contributed by atoms with Gasteiger partial charge < -0.3 is 10.1 Å². The molecule has 1 N–H and O–H groups in total. The minimum Gasteiger partial charge on any atom is -0.446 e. The van der Waals surface area contributed by atoms with E-state index < -0.39 is 0 Å². The summed E-state index contributed by atoms with van der Waals surface area (Å²) < 4.78 is 7.00. The average Bonchev–Trinajstić information content (AvgIpc) is 2.96. The molecule has 0 aromatic carbocycles. The Balaban J connectivity index is 1.53. The Hall–Kier alpha value is -1.59. The van der Waals surface area contributed by atoms with Crippen LogP contribution in [0.25, 0.3) is 0 Å². The Morgan fingerprint density at radius 3 is 3.00 bits per heavy atom. The molecule has 94 valence electrons. The smallest absolute Gasteiger partial charge is 0.407 e. The van der Waals surface area contributed by atoms with Gasteiger partial charge in [-0.2, -0.15) is 0 Å². The van der Waals surface area contributed by atoms with Gasteiger partial charge in [-0.3, -0.25) is 4.68 Å². The first-order valence-electron chi connectivity index (χ1n) is 6.13. The molecule has 0 bridgehead atoms. The predicted octanol–water partition coefficient (Wildman–Crippen LogP) is 1.34. The van der Waals surface area contributed by atoms with Crippen molar-refractivity contribution in [2.75, 3.05) is 6.54 Å². The van der Waals surface area contributed by atoms with Crippen molar-refractivity contribution in [3.63, 3.8) is 0 Å². The quantitative estimate of drug-likeness (QED) is 0.786. The van der Waals surface area contributed by atoms with E-state index in [9.17, 15) is 4.79 Å². The van der Waals surface area contributed by atoms with Gasteiger partial charge >= 0.3 is 6.09 Å². The number of carbonyl (C=O) groups excluding carboxylic acids is 1. The molecule has 6 heteroatoms. The second kappa shape index (κ2) is 6.22. The Bertz CT molecular complexity index is 333. The van der Waals surface area contributed by atoms with Crippen LogP contribution in [-0.4, -0.2) is 33.7 Å². The number of carbonyl (C=O) groups is 1. The van der Waals surface area contributed by atoms with Crippen molar-refractivity contribution in [3.8, 4) is 0 Å². The third-order valence-corrected chi connectivity index (χ3v) is 2.88. The molecule has 1 amide bonds. The van der Waals surface area contributed by atoms with Crippen molar-refractivity contribution in [1.29, 1.82) is 0 Å². The standard InChI is InChI=1S/C11H18N4O2/c16-11(17-10-4-1-2-5-10)12-6-3-8-15-9-7-13-14-15/h7,9-10H,1-6,8H2,(H,12,16). The Labute approximate surface area is 100 Å². The van der Waals surface area contributed by atoms with Gasteiger partial charge in [0, 0.05) is 19.3 Å². The number of rotatable bonds is 5. The van der Waals surface area contributed by atoms with E-state index in [0.717, 1.165) is 25.8 Å². The van der Waals surface area contributed by atoms with Crippen LogP contribution < -0.4 is 5.32 Å². The van der Waals surface area contributed by atoms with Gasteiger partial charge in [-0.1, -0.05) is 5.21 Å². The summed E-state index contributed by atoms with van der Waals surface area (Å²) in [6, 6.07) is 0. The molecule has 0 aliphatic heterocycles. The second-order valence-electron chi connectivity index (χ2n) is 4.26. The molecule has 0 spiro atoms. The molecule has 2 rings (SSSR count). The number of alkyl carbamates (subject to hydrolysis) is 1. The molecule has 0 atom stereocenters. The molecule has 17 heavy (non-hydrogen) atoms. The molecular formula is C11H18N4O2. The van der Waals surface area contributed by atoms with Gasteiger partial charge in [0.1, 0.15) is 6.10 Å². The van der Waals surface area contributed by atoms with Crippen molar-refractivity contribution in [1.82, 2.24) is 20.3 Å². The largest absolute Gasteiger partial charge is 0.446 e. The maximum absolute atomic E-state index is 11.4. The molecule has 0 unspecified atom stereocenters. The summed E-state index contributed by atoms with van der Waals surface area (Å²) in [5, 5.41) is 10.3. The molecule has 0 radical (unpaired) electrons.